The van der Waals surface area contributed by atoms with Crippen molar-refractivity contribution >= 4 is 29.9 Å². The maximum atomic E-state index is 5.91. The zero-order valence-electron chi connectivity index (χ0n) is 16.4. The number of aromatic nitrogens is 1. The molecule has 2 rings (SSSR count). The maximum absolute atomic E-state index is 5.91. The number of guanidine groups is 1. The van der Waals surface area contributed by atoms with Crippen LogP contribution in [0.15, 0.2) is 53.7 Å². The van der Waals surface area contributed by atoms with E-state index in [4.69, 9.17) is 9.73 Å². The number of hydrogen-bond acceptors (Lipinski definition) is 3. The molecule has 0 bridgehead atoms. The summed E-state index contributed by atoms with van der Waals surface area (Å²) in [5.41, 5.74) is 2.17. The molecular formula is C21H31IN4O. The van der Waals surface area contributed by atoms with Crippen LogP contribution in [0, 0.1) is 5.92 Å². The minimum atomic E-state index is 0. The highest BCUT2D eigenvalue weighted by Gasteiger charge is 2.05. The Bertz CT molecular complexity index is 677. The number of benzene rings is 1. The maximum Gasteiger partial charge on any atom is 0.191 e. The number of rotatable bonds is 9. The highest BCUT2D eigenvalue weighted by Crippen LogP contribution is 2.19. The molecule has 148 valence electrons. The minimum absolute atomic E-state index is 0. The van der Waals surface area contributed by atoms with Gasteiger partial charge >= 0.3 is 0 Å². The van der Waals surface area contributed by atoms with Crippen LogP contribution in [-0.4, -0.2) is 30.6 Å². The molecule has 5 nitrogen and oxygen atoms in total. The summed E-state index contributed by atoms with van der Waals surface area (Å²) in [6.45, 7) is 9.26. The normalized spacial score (nSPS) is 11.0. The molecule has 27 heavy (non-hydrogen) atoms. The van der Waals surface area contributed by atoms with E-state index in [0.717, 1.165) is 42.5 Å². The minimum Gasteiger partial charge on any atom is -0.493 e. The Kier molecular flexibility index (Phi) is 11.5. The molecule has 0 saturated carbocycles. The van der Waals surface area contributed by atoms with E-state index in [-0.39, 0.29) is 24.0 Å². The molecule has 0 aliphatic carbocycles. The van der Waals surface area contributed by atoms with Crippen LogP contribution >= 0.6 is 24.0 Å². The van der Waals surface area contributed by atoms with Gasteiger partial charge in [-0.2, -0.15) is 0 Å². The molecule has 1 heterocycles. The van der Waals surface area contributed by atoms with E-state index in [1.165, 1.54) is 0 Å². The molecule has 0 aliphatic heterocycles. The molecule has 0 saturated heterocycles. The molecule has 2 N–H and O–H groups in total. The van der Waals surface area contributed by atoms with Crippen LogP contribution in [0.3, 0.4) is 0 Å². The molecule has 1 aromatic heterocycles. The average molecular weight is 482 g/mol. The van der Waals surface area contributed by atoms with Gasteiger partial charge in [0.2, 0.25) is 0 Å². The van der Waals surface area contributed by atoms with Crippen molar-refractivity contribution < 1.29 is 4.74 Å². The summed E-state index contributed by atoms with van der Waals surface area (Å²) in [4.78, 5) is 9.04. The summed E-state index contributed by atoms with van der Waals surface area (Å²) in [7, 11) is 0. The van der Waals surface area contributed by atoms with E-state index in [9.17, 15) is 0 Å². The first-order chi connectivity index (χ1) is 12.7. The standard InChI is InChI=1S/C21H30N4O.HI/c1-4-22-21(24-14-12-19-10-7-8-13-23-19)25-15-18-9-5-6-11-20(18)26-16-17(2)3;/h5-11,13,17H,4,12,14-16H2,1-3H3,(H2,22,24,25);1H. The zero-order valence-corrected chi connectivity index (χ0v) is 18.8. The molecule has 0 aliphatic rings. The summed E-state index contributed by atoms with van der Waals surface area (Å²) < 4.78 is 5.91. The Morgan fingerprint density at radius 3 is 2.59 bits per heavy atom. The first-order valence-electron chi connectivity index (χ1n) is 9.31. The number of hydrogen-bond donors (Lipinski definition) is 2. The van der Waals surface area contributed by atoms with Crippen molar-refractivity contribution in [3.05, 3.63) is 59.9 Å². The average Bonchev–Trinajstić information content (AvgIpc) is 2.66. The first kappa shape index (κ1) is 23.2. The molecular weight excluding hydrogens is 451 g/mol. The van der Waals surface area contributed by atoms with E-state index in [1.807, 2.05) is 42.6 Å². The van der Waals surface area contributed by atoms with Gasteiger partial charge in [0.1, 0.15) is 5.75 Å². The highest BCUT2D eigenvalue weighted by molar-refractivity contribution is 14.0. The van der Waals surface area contributed by atoms with Gasteiger partial charge in [0, 0.05) is 37.0 Å². The van der Waals surface area contributed by atoms with E-state index < -0.39 is 0 Å². The Morgan fingerprint density at radius 1 is 1.11 bits per heavy atom. The molecule has 0 spiro atoms. The quantitative estimate of drug-likeness (QED) is 0.322. The topological polar surface area (TPSA) is 58.5 Å². The monoisotopic (exact) mass is 482 g/mol. The van der Waals surface area contributed by atoms with Gasteiger partial charge in [-0.25, -0.2) is 4.99 Å². The van der Waals surface area contributed by atoms with Crippen molar-refractivity contribution in [2.24, 2.45) is 10.9 Å². The Morgan fingerprint density at radius 2 is 1.89 bits per heavy atom. The van der Waals surface area contributed by atoms with Crippen LogP contribution < -0.4 is 15.4 Å². The summed E-state index contributed by atoms with van der Waals surface area (Å²) in [6.07, 6.45) is 2.68. The summed E-state index contributed by atoms with van der Waals surface area (Å²) in [5, 5.41) is 6.65. The van der Waals surface area contributed by atoms with E-state index in [2.05, 4.69) is 42.5 Å². The molecule has 1 aromatic carbocycles. The van der Waals surface area contributed by atoms with Crippen molar-refractivity contribution in [3.63, 3.8) is 0 Å². The smallest absolute Gasteiger partial charge is 0.191 e. The SMILES string of the molecule is CCNC(=NCc1ccccc1OCC(C)C)NCCc1ccccn1.I. The van der Waals surface area contributed by atoms with Crippen LogP contribution in [0.2, 0.25) is 0 Å². The second-order valence-corrected chi connectivity index (χ2v) is 6.51. The molecule has 0 unspecified atom stereocenters. The largest absolute Gasteiger partial charge is 0.493 e. The van der Waals surface area contributed by atoms with E-state index >= 15 is 0 Å². The fourth-order valence-corrected chi connectivity index (χ4v) is 2.39. The molecule has 6 heteroatoms. The van der Waals surface area contributed by atoms with Gasteiger partial charge in [0.15, 0.2) is 5.96 Å². The fourth-order valence-electron chi connectivity index (χ4n) is 2.39. The second kappa shape index (κ2) is 13.4. The lowest BCUT2D eigenvalue weighted by atomic mass is 10.2. The number of aliphatic imine (C=N–C) groups is 1. The van der Waals surface area contributed by atoms with Crippen LogP contribution in [0.4, 0.5) is 0 Å². The molecule has 0 fully saturated rings. The van der Waals surface area contributed by atoms with Crippen LogP contribution in [0.1, 0.15) is 32.0 Å². The second-order valence-electron chi connectivity index (χ2n) is 6.51. The van der Waals surface area contributed by atoms with E-state index in [1.54, 1.807) is 0 Å². The lowest BCUT2D eigenvalue weighted by Crippen LogP contribution is -2.38. The lowest BCUT2D eigenvalue weighted by Gasteiger charge is -2.14. The van der Waals surface area contributed by atoms with Crippen molar-refractivity contribution in [3.8, 4) is 5.75 Å². The number of halogens is 1. The van der Waals surface area contributed by atoms with Crippen molar-refractivity contribution in [1.82, 2.24) is 15.6 Å². The number of nitrogens with one attached hydrogen (secondary N) is 2. The van der Waals surface area contributed by atoms with Crippen LogP contribution in [0.5, 0.6) is 5.75 Å². The van der Waals surface area contributed by atoms with Gasteiger partial charge in [0.05, 0.1) is 13.2 Å². The molecule has 2 aromatic rings. The number of nitrogens with zero attached hydrogens (tertiary/aromatic N) is 2. The van der Waals surface area contributed by atoms with Crippen molar-refractivity contribution in [2.75, 3.05) is 19.7 Å². The van der Waals surface area contributed by atoms with Gasteiger partial charge in [0.25, 0.3) is 0 Å². The summed E-state index contributed by atoms with van der Waals surface area (Å²) in [5.74, 6) is 2.22. The van der Waals surface area contributed by atoms with Gasteiger partial charge in [-0.15, -0.1) is 24.0 Å². The third-order valence-corrected chi connectivity index (χ3v) is 3.70. The van der Waals surface area contributed by atoms with Crippen molar-refractivity contribution in [1.29, 1.82) is 0 Å². The third kappa shape index (κ3) is 9.08. The van der Waals surface area contributed by atoms with Gasteiger partial charge in [-0.3, -0.25) is 4.98 Å². The Hall–Kier alpha value is -1.83. The lowest BCUT2D eigenvalue weighted by molar-refractivity contribution is 0.268. The first-order valence-corrected chi connectivity index (χ1v) is 9.31. The van der Waals surface area contributed by atoms with E-state index in [0.29, 0.717) is 19.1 Å². The molecule has 0 atom stereocenters. The fraction of sp³-hybridized carbons (Fsp3) is 0.429. The predicted octanol–water partition coefficient (Wildman–Crippen LogP) is 4.03. The van der Waals surface area contributed by atoms with Gasteiger partial charge < -0.3 is 15.4 Å². The summed E-state index contributed by atoms with van der Waals surface area (Å²) >= 11 is 0. The highest BCUT2D eigenvalue weighted by atomic mass is 127. The Balaban J connectivity index is 0.00000364. The molecule has 0 amide bonds. The predicted molar refractivity (Wildman–Crippen MR) is 123 cm³/mol. The third-order valence-electron chi connectivity index (χ3n) is 3.70. The number of para-hydroxylation sites is 1. The number of pyridine rings is 1. The number of ether oxygens (including phenoxy) is 1. The molecule has 0 radical (unpaired) electrons. The van der Waals surface area contributed by atoms with Gasteiger partial charge in [-0.1, -0.05) is 38.1 Å². The summed E-state index contributed by atoms with van der Waals surface area (Å²) in [6, 6.07) is 14.1. The Labute approximate surface area is 180 Å². The van der Waals surface area contributed by atoms with Gasteiger partial charge in [-0.05, 0) is 31.0 Å². The van der Waals surface area contributed by atoms with Crippen LogP contribution in [-0.2, 0) is 13.0 Å². The van der Waals surface area contributed by atoms with Crippen LogP contribution in [0.25, 0.3) is 0 Å². The zero-order chi connectivity index (χ0) is 18.6. The van der Waals surface area contributed by atoms with Crippen molar-refractivity contribution in [2.45, 2.75) is 33.7 Å².